The first-order valence-corrected chi connectivity index (χ1v) is 10.7. The lowest BCUT2D eigenvalue weighted by molar-refractivity contribution is -0.138. The van der Waals surface area contributed by atoms with Crippen LogP contribution in [0.4, 0.5) is 0 Å². The SMILES string of the molecule is Cc1noc(C)c1CC(=O)N1CCN(C(=O)Cc2c(C)nc3ccccc3c2C)CC1. The lowest BCUT2D eigenvalue weighted by atomic mass is 9.99. The van der Waals surface area contributed by atoms with Crippen LogP contribution in [0.15, 0.2) is 28.8 Å². The summed E-state index contributed by atoms with van der Waals surface area (Å²) in [6.07, 6.45) is 0.624. The summed E-state index contributed by atoms with van der Waals surface area (Å²) in [5.41, 5.74) is 5.59. The molecule has 7 nitrogen and oxygen atoms in total. The monoisotopic (exact) mass is 420 g/mol. The molecule has 31 heavy (non-hydrogen) atoms. The topological polar surface area (TPSA) is 79.5 Å². The summed E-state index contributed by atoms with van der Waals surface area (Å²) in [5, 5.41) is 5.01. The van der Waals surface area contributed by atoms with Gasteiger partial charge in [0.25, 0.3) is 0 Å². The van der Waals surface area contributed by atoms with E-state index in [0.29, 0.717) is 38.4 Å². The fraction of sp³-hybridized carbons (Fsp3) is 0.417. The normalized spacial score (nSPS) is 14.3. The zero-order valence-electron chi connectivity index (χ0n) is 18.6. The second-order valence-electron chi connectivity index (χ2n) is 8.24. The van der Waals surface area contributed by atoms with Gasteiger partial charge in [0, 0.05) is 42.8 Å². The first-order chi connectivity index (χ1) is 14.8. The van der Waals surface area contributed by atoms with E-state index in [9.17, 15) is 9.59 Å². The molecule has 2 amide bonds. The molecule has 3 heterocycles. The Morgan fingerprint density at radius 2 is 1.45 bits per heavy atom. The van der Waals surface area contributed by atoms with Crippen LogP contribution in [-0.2, 0) is 22.4 Å². The van der Waals surface area contributed by atoms with Gasteiger partial charge in [0.05, 0.1) is 24.1 Å². The van der Waals surface area contributed by atoms with Crippen LogP contribution in [0.5, 0.6) is 0 Å². The highest BCUT2D eigenvalue weighted by Crippen LogP contribution is 2.23. The maximum atomic E-state index is 13.0. The Labute approximate surface area is 182 Å². The number of pyridine rings is 1. The second-order valence-corrected chi connectivity index (χ2v) is 8.24. The summed E-state index contributed by atoms with van der Waals surface area (Å²) >= 11 is 0. The van der Waals surface area contributed by atoms with Gasteiger partial charge in [-0.05, 0) is 44.9 Å². The van der Waals surface area contributed by atoms with Crippen molar-refractivity contribution >= 4 is 22.7 Å². The summed E-state index contributed by atoms with van der Waals surface area (Å²) in [7, 11) is 0. The average Bonchev–Trinajstić information content (AvgIpc) is 3.08. The Morgan fingerprint density at radius 3 is 2.03 bits per heavy atom. The van der Waals surface area contributed by atoms with E-state index in [4.69, 9.17) is 4.52 Å². The molecule has 0 saturated carbocycles. The summed E-state index contributed by atoms with van der Waals surface area (Å²) < 4.78 is 5.16. The maximum absolute atomic E-state index is 13.0. The first-order valence-electron chi connectivity index (χ1n) is 10.7. The first kappa shape index (κ1) is 21.0. The van der Waals surface area contributed by atoms with Gasteiger partial charge in [-0.1, -0.05) is 23.4 Å². The van der Waals surface area contributed by atoms with Crippen LogP contribution < -0.4 is 0 Å². The van der Waals surface area contributed by atoms with Gasteiger partial charge in [0.1, 0.15) is 5.76 Å². The molecule has 1 saturated heterocycles. The molecule has 0 radical (unpaired) electrons. The van der Waals surface area contributed by atoms with E-state index in [2.05, 4.69) is 23.1 Å². The fourth-order valence-corrected chi connectivity index (χ4v) is 4.32. The third-order valence-corrected chi connectivity index (χ3v) is 6.31. The van der Waals surface area contributed by atoms with E-state index in [0.717, 1.165) is 39.0 Å². The number of hydrogen-bond donors (Lipinski definition) is 0. The number of carbonyl (C=O) groups excluding carboxylic acids is 2. The van der Waals surface area contributed by atoms with Crippen molar-refractivity contribution < 1.29 is 14.1 Å². The highest BCUT2D eigenvalue weighted by molar-refractivity contribution is 5.87. The van der Waals surface area contributed by atoms with E-state index < -0.39 is 0 Å². The van der Waals surface area contributed by atoms with Crippen molar-refractivity contribution in [3.8, 4) is 0 Å². The Kier molecular flexibility index (Phi) is 5.76. The fourth-order valence-electron chi connectivity index (χ4n) is 4.32. The van der Waals surface area contributed by atoms with Crippen molar-refractivity contribution in [2.45, 2.75) is 40.5 Å². The van der Waals surface area contributed by atoms with Gasteiger partial charge in [-0.3, -0.25) is 14.6 Å². The van der Waals surface area contributed by atoms with Crippen LogP contribution in [0.3, 0.4) is 0 Å². The van der Waals surface area contributed by atoms with Crippen LogP contribution in [0.25, 0.3) is 10.9 Å². The number of para-hydroxylation sites is 1. The number of rotatable bonds is 4. The predicted octanol–water partition coefficient (Wildman–Crippen LogP) is 2.91. The van der Waals surface area contributed by atoms with Gasteiger partial charge in [-0.25, -0.2) is 0 Å². The van der Waals surface area contributed by atoms with Crippen LogP contribution in [0, 0.1) is 27.7 Å². The molecule has 7 heteroatoms. The van der Waals surface area contributed by atoms with Crippen LogP contribution in [0.1, 0.15) is 33.8 Å². The van der Waals surface area contributed by atoms with Gasteiger partial charge in [0.2, 0.25) is 11.8 Å². The molecule has 4 rings (SSSR count). The van der Waals surface area contributed by atoms with Crippen LogP contribution in [-0.4, -0.2) is 57.9 Å². The minimum Gasteiger partial charge on any atom is -0.361 e. The van der Waals surface area contributed by atoms with E-state index in [1.165, 1.54) is 0 Å². The summed E-state index contributed by atoms with van der Waals surface area (Å²) in [4.78, 5) is 34.1. The number of fused-ring (bicyclic) bond motifs is 1. The Hall–Kier alpha value is -3.22. The predicted molar refractivity (Wildman–Crippen MR) is 118 cm³/mol. The highest BCUT2D eigenvalue weighted by atomic mass is 16.5. The van der Waals surface area contributed by atoms with Crippen molar-refractivity contribution in [1.82, 2.24) is 19.9 Å². The lowest BCUT2D eigenvalue weighted by Gasteiger charge is -2.35. The molecular weight excluding hydrogens is 392 g/mol. The smallest absolute Gasteiger partial charge is 0.227 e. The number of nitrogens with zero attached hydrogens (tertiary/aromatic N) is 4. The van der Waals surface area contributed by atoms with Gasteiger partial charge in [0.15, 0.2) is 0 Å². The summed E-state index contributed by atoms with van der Waals surface area (Å²) in [6, 6.07) is 8.02. The Bertz CT molecular complexity index is 1120. The molecule has 162 valence electrons. The van der Waals surface area contributed by atoms with Crippen molar-refractivity contribution in [2.75, 3.05) is 26.2 Å². The second kappa shape index (κ2) is 8.49. The number of aryl methyl sites for hydroxylation is 4. The number of carbonyl (C=O) groups is 2. The molecule has 0 spiro atoms. The van der Waals surface area contributed by atoms with E-state index >= 15 is 0 Å². The minimum absolute atomic E-state index is 0.0481. The zero-order chi connectivity index (χ0) is 22.1. The van der Waals surface area contributed by atoms with Gasteiger partial charge < -0.3 is 14.3 Å². The quantitative estimate of drug-likeness (QED) is 0.648. The summed E-state index contributed by atoms with van der Waals surface area (Å²) in [5.74, 6) is 0.822. The Morgan fingerprint density at radius 1 is 0.871 bits per heavy atom. The van der Waals surface area contributed by atoms with E-state index in [1.54, 1.807) is 0 Å². The highest BCUT2D eigenvalue weighted by Gasteiger charge is 2.26. The van der Waals surface area contributed by atoms with Crippen molar-refractivity contribution in [3.63, 3.8) is 0 Å². The van der Waals surface area contributed by atoms with Crippen molar-refractivity contribution in [2.24, 2.45) is 0 Å². The molecule has 0 atom stereocenters. The number of amides is 2. The molecule has 3 aromatic rings. The molecule has 0 aliphatic carbocycles. The molecule has 1 aliphatic heterocycles. The standard InChI is InChI=1S/C24H28N4O3/c1-15-19-7-5-6-8-22(19)25-16(2)20(15)13-23(29)27-9-11-28(12-10-27)24(30)14-21-17(3)26-31-18(21)4/h5-8H,9-14H2,1-4H3. The summed E-state index contributed by atoms with van der Waals surface area (Å²) in [6.45, 7) is 9.88. The number of hydrogen-bond acceptors (Lipinski definition) is 5. The molecular formula is C24H28N4O3. The average molecular weight is 421 g/mol. The van der Waals surface area contributed by atoms with E-state index in [1.807, 2.05) is 48.8 Å². The van der Waals surface area contributed by atoms with Crippen molar-refractivity contribution in [3.05, 3.63) is 58.1 Å². The molecule has 0 N–H and O–H groups in total. The molecule has 1 aliphatic rings. The molecule has 0 bridgehead atoms. The third kappa shape index (κ3) is 4.17. The van der Waals surface area contributed by atoms with Crippen molar-refractivity contribution in [1.29, 1.82) is 0 Å². The minimum atomic E-state index is 0.0481. The number of piperazine rings is 1. The van der Waals surface area contributed by atoms with Gasteiger partial charge in [-0.2, -0.15) is 0 Å². The third-order valence-electron chi connectivity index (χ3n) is 6.31. The van der Waals surface area contributed by atoms with E-state index in [-0.39, 0.29) is 18.2 Å². The Balaban J connectivity index is 1.39. The maximum Gasteiger partial charge on any atom is 0.227 e. The van der Waals surface area contributed by atoms with Crippen LogP contribution >= 0.6 is 0 Å². The largest absolute Gasteiger partial charge is 0.361 e. The molecule has 2 aromatic heterocycles. The lowest BCUT2D eigenvalue weighted by Crippen LogP contribution is -2.51. The van der Waals surface area contributed by atoms with Gasteiger partial charge in [-0.15, -0.1) is 0 Å². The number of benzene rings is 1. The zero-order valence-corrected chi connectivity index (χ0v) is 18.6. The molecule has 1 fully saturated rings. The van der Waals surface area contributed by atoms with Gasteiger partial charge >= 0.3 is 0 Å². The van der Waals surface area contributed by atoms with Crippen LogP contribution in [0.2, 0.25) is 0 Å². The molecule has 1 aromatic carbocycles. The number of aromatic nitrogens is 2. The molecule has 0 unspecified atom stereocenters.